The van der Waals surface area contributed by atoms with Crippen LogP contribution in [0.4, 0.5) is 5.69 Å². The SMILES string of the molecule is Cc1cnc(CNS(=O)(=O)c2ccc(Br)cc2N)s1. The molecule has 0 atom stereocenters. The number of aryl methyl sites for hydroxylation is 1. The second-order valence-corrected chi connectivity index (χ2v) is 7.84. The summed E-state index contributed by atoms with van der Waals surface area (Å²) >= 11 is 4.69. The molecule has 0 saturated heterocycles. The lowest BCUT2D eigenvalue weighted by Gasteiger charge is -2.08. The molecular weight excluding hydrogens is 350 g/mol. The quantitative estimate of drug-likeness (QED) is 0.818. The van der Waals surface area contributed by atoms with E-state index in [9.17, 15) is 8.42 Å². The minimum Gasteiger partial charge on any atom is -0.398 e. The first-order valence-electron chi connectivity index (χ1n) is 5.34. The highest BCUT2D eigenvalue weighted by atomic mass is 79.9. The summed E-state index contributed by atoms with van der Waals surface area (Å²) in [6, 6.07) is 4.66. The van der Waals surface area contributed by atoms with E-state index >= 15 is 0 Å². The third kappa shape index (κ3) is 3.53. The van der Waals surface area contributed by atoms with E-state index in [1.165, 1.54) is 17.4 Å². The van der Waals surface area contributed by atoms with Crippen LogP contribution in [0.25, 0.3) is 0 Å². The van der Waals surface area contributed by atoms with Crippen LogP contribution in [0.5, 0.6) is 0 Å². The number of benzene rings is 1. The number of thiazole rings is 1. The van der Waals surface area contributed by atoms with Gasteiger partial charge < -0.3 is 5.73 Å². The van der Waals surface area contributed by atoms with E-state index in [0.29, 0.717) is 0 Å². The zero-order valence-electron chi connectivity index (χ0n) is 10.1. The van der Waals surface area contributed by atoms with Crippen molar-refractivity contribution in [1.82, 2.24) is 9.71 Å². The Bertz CT molecular complexity index is 698. The van der Waals surface area contributed by atoms with Crippen molar-refractivity contribution in [3.63, 3.8) is 0 Å². The summed E-state index contributed by atoms with van der Waals surface area (Å²) in [6.07, 6.45) is 1.71. The molecule has 5 nitrogen and oxygen atoms in total. The van der Waals surface area contributed by atoms with E-state index in [4.69, 9.17) is 5.73 Å². The number of nitrogens with two attached hydrogens (primary N) is 1. The largest absolute Gasteiger partial charge is 0.398 e. The highest BCUT2D eigenvalue weighted by Crippen LogP contribution is 2.23. The summed E-state index contributed by atoms with van der Waals surface area (Å²) in [7, 11) is -3.63. The molecule has 0 spiro atoms. The Hall–Kier alpha value is -0.960. The average molecular weight is 362 g/mol. The molecule has 1 aromatic heterocycles. The van der Waals surface area contributed by atoms with Gasteiger partial charge in [-0.25, -0.2) is 18.1 Å². The molecule has 0 fully saturated rings. The predicted octanol–water partition coefficient (Wildman–Crippen LogP) is 2.27. The summed E-state index contributed by atoms with van der Waals surface area (Å²) in [5, 5.41) is 0.719. The first-order valence-corrected chi connectivity index (χ1v) is 8.44. The molecule has 2 rings (SSSR count). The van der Waals surface area contributed by atoms with Gasteiger partial charge in [0.15, 0.2) is 0 Å². The molecule has 102 valence electrons. The van der Waals surface area contributed by atoms with Crippen molar-refractivity contribution in [2.24, 2.45) is 0 Å². The van der Waals surface area contributed by atoms with Gasteiger partial charge in [0.05, 0.1) is 12.2 Å². The van der Waals surface area contributed by atoms with E-state index in [0.717, 1.165) is 14.4 Å². The monoisotopic (exact) mass is 361 g/mol. The van der Waals surface area contributed by atoms with Crippen LogP contribution >= 0.6 is 27.3 Å². The van der Waals surface area contributed by atoms with Crippen molar-refractivity contribution in [2.45, 2.75) is 18.4 Å². The fraction of sp³-hybridized carbons (Fsp3) is 0.182. The lowest BCUT2D eigenvalue weighted by molar-refractivity contribution is 0.581. The molecule has 8 heteroatoms. The van der Waals surface area contributed by atoms with Crippen LogP contribution in [0.2, 0.25) is 0 Å². The van der Waals surface area contributed by atoms with E-state index < -0.39 is 10.0 Å². The molecule has 3 N–H and O–H groups in total. The van der Waals surface area contributed by atoms with Gasteiger partial charge >= 0.3 is 0 Å². The molecule has 2 aromatic rings. The molecule has 1 aromatic carbocycles. The van der Waals surface area contributed by atoms with Crippen LogP contribution in [-0.4, -0.2) is 13.4 Å². The van der Waals surface area contributed by atoms with Gasteiger partial charge in [0.25, 0.3) is 0 Å². The molecular formula is C11H12BrN3O2S2. The summed E-state index contributed by atoms with van der Waals surface area (Å²) in [5.74, 6) is 0. The summed E-state index contributed by atoms with van der Waals surface area (Å²) < 4.78 is 27.5. The lowest BCUT2D eigenvalue weighted by Crippen LogP contribution is -2.24. The number of hydrogen-bond donors (Lipinski definition) is 2. The fourth-order valence-electron chi connectivity index (χ4n) is 1.48. The Morgan fingerprint density at radius 1 is 1.47 bits per heavy atom. The summed E-state index contributed by atoms with van der Waals surface area (Å²) in [4.78, 5) is 5.21. The van der Waals surface area contributed by atoms with E-state index in [1.807, 2.05) is 6.92 Å². The first-order chi connectivity index (χ1) is 8.88. The number of anilines is 1. The number of halogens is 1. The third-order valence-electron chi connectivity index (χ3n) is 2.34. The van der Waals surface area contributed by atoms with Crippen molar-refractivity contribution in [3.05, 3.63) is 38.8 Å². The van der Waals surface area contributed by atoms with Gasteiger partial charge in [-0.1, -0.05) is 15.9 Å². The second kappa shape index (κ2) is 5.58. The summed E-state index contributed by atoms with van der Waals surface area (Å²) in [5.41, 5.74) is 5.92. The van der Waals surface area contributed by atoms with Crippen molar-refractivity contribution < 1.29 is 8.42 Å². The number of nitrogens with zero attached hydrogens (tertiary/aromatic N) is 1. The molecule has 0 aliphatic carbocycles. The number of hydrogen-bond acceptors (Lipinski definition) is 5. The van der Waals surface area contributed by atoms with E-state index in [-0.39, 0.29) is 17.1 Å². The van der Waals surface area contributed by atoms with Crippen molar-refractivity contribution in [3.8, 4) is 0 Å². The molecule has 0 bridgehead atoms. The molecule has 0 unspecified atom stereocenters. The molecule has 0 aliphatic heterocycles. The normalized spacial score (nSPS) is 11.7. The number of aromatic nitrogens is 1. The van der Waals surface area contributed by atoms with Crippen molar-refractivity contribution >= 4 is 43.0 Å². The zero-order valence-corrected chi connectivity index (χ0v) is 13.3. The number of rotatable bonds is 4. The highest BCUT2D eigenvalue weighted by molar-refractivity contribution is 9.10. The fourth-order valence-corrected chi connectivity index (χ4v) is 3.78. The van der Waals surface area contributed by atoms with Crippen LogP contribution in [0.15, 0.2) is 33.8 Å². The topological polar surface area (TPSA) is 85.1 Å². The molecule has 0 saturated carbocycles. The minimum atomic E-state index is -3.63. The Labute approximate surface area is 124 Å². The smallest absolute Gasteiger partial charge is 0.242 e. The third-order valence-corrected chi connectivity index (χ3v) is 5.23. The van der Waals surface area contributed by atoms with Crippen LogP contribution in [0, 0.1) is 6.92 Å². The van der Waals surface area contributed by atoms with Gasteiger partial charge in [-0.2, -0.15) is 0 Å². The van der Waals surface area contributed by atoms with Gasteiger partial charge in [0.1, 0.15) is 9.90 Å². The molecule has 0 aliphatic rings. The Morgan fingerprint density at radius 3 is 2.79 bits per heavy atom. The Morgan fingerprint density at radius 2 is 2.21 bits per heavy atom. The standard InChI is InChI=1S/C11H12BrN3O2S2/c1-7-5-14-11(18-7)6-15-19(16,17)10-3-2-8(12)4-9(10)13/h2-5,15H,6,13H2,1H3. The second-order valence-electron chi connectivity index (χ2n) is 3.87. The average Bonchev–Trinajstić information content (AvgIpc) is 2.72. The molecule has 0 amide bonds. The Balaban J connectivity index is 2.18. The van der Waals surface area contributed by atoms with Crippen molar-refractivity contribution in [1.29, 1.82) is 0 Å². The maximum absolute atomic E-state index is 12.1. The van der Waals surface area contributed by atoms with Crippen LogP contribution in [0.3, 0.4) is 0 Å². The molecule has 1 heterocycles. The van der Waals surface area contributed by atoms with Gasteiger partial charge in [-0.15, -0.1) is 11.3 Å². The van der Waals surface area contributed by atoms with Crippen LogP contribution < -0.4 is 10.5 Å². The van der Waals surface area contributed by atoms with Crippen molar-refractivity contribution in [2.75, 3.05) is 5.73 Å². The van der Waals surface area contributed by atoms with Gasteiger partial charge in [0, 0.05) is 15.5 Å². The molecule has 0 radical (unpaired) electrons. The zero-order chi connectivity index (χ0) is 14.0. The summed E-state index contributed by atoms with van der Waals surface area (Å²) in [6.45, 7) is 2.08. The van der Waals surface area contributed by atoms with Gasteiger partial charge in [0.2, 0.25) is 10.0 Å². The lowest BCUT2D eigenvalue weighted by atomic mass is 10.3. The number of sulfonamides is 1. The van der Waals surface area contributed by atoms with Crippen LogP contribution in [0.1, 0.15) is 9.88 Å². The van der Waals surface area contributed by atoms with Crippen LogP contribution in [-0.2, 0) is 16.6 Å². The van der Waals surface area contributed by atoms with E-state index in [1.54, 1.807) is 18.3 Å². The number of nitrogens with one attached hydrogen (secondary N) is 1. The van der Waals surface area contributed by atoms with E-state index in [2.05, 4.69) is 25.6 Å². The Kier molecular flexibility index (Phi) is 4.24. The maximum Gasteiger partial charge on any atom is 0.242 e. The predicted molar refractivity (Wildman–Crippen MR) is 79.4 cm³/mol. The number of nitrogen functional groups attached to an aromatic ring is 1. The highest BCUT2D eigenvalue weighted by Gasteiger charge is 2.17. The van der Waals surface area contributed by atoms with Gasteiger partial charge in [-0.3, -0.25) is 0 Å². The van der Waals surface area contributed by atoms with Gasteiger partial charge in [-0.05, 0) is 25.1 Å². The first kappa shape index (κ1) is 14.4. The minimum absolute atomic E-state index is 0.0731. The molecule has 19 heavy (non-hydrogen) atoms. The maximum atomic E-state index is 12.1.